The number of carbonyl (C=O) groups is 1. The minimum absolute atomic E-state index is 0.265. The highest BCUT2D eigenvalue weighted by Gasteiger charge is 2.19. The van der Waals surface area contributed by atoms with Gasteiger partial charge in [0.05, 0.1) is 11.0 Å². The van der Waals surface area contributed by atoms with E-state index in [-0.39, 0.29) is 11.7 Å². The van der Waals surface area contributed by atoms with Gasteiger partial charge in [0.15, 0.2) is 0 Å². The molecule has 0 saturated heterocycles. The van der Waals surface area contributed by atoms with Crippen LogP contribution in [0, 0.1) is 5.82 Å². The van der Waals surface area contributed by atoms with E-state index in [1.54, 1.807) is 16.7 Å². The Kier molecular flexibility index (Phi) is 3.82. The van der Waals surface area contributed by atoms with E-state index in [2.05, 4.69) is 4.98 Å². The fraction of sp³-hybridized carbons (Fsp3) is 0. The molecule has 122 valence electrons. The number of para-hydroxylation sites is 2. The lowest BCUT2D eigenvalue weighted by molar-refractivity contribution is 0.0966. The first kappa shape index (κ1) is 15.5. The van der Waals surface area contributed by atoms with Crippen LogP contribution in [0.3, 0.4) is 0 Å². The standard InChI is InChI=1S/C20H12ClFN2O/c21-15-9-5-13(6-10-15)19-23-17-3-1-2-4-18(17)24(19)20(25)14-7-11-16(22)12-8-14/h1-12H. The quantitative estimate of drug-likeness (QED) is 0.499. The Balaban J connectivity index is 1.94. The van der Waals surface area contributed by atoms with Crippen molar-refractivity contribution < 1.29 is 9.18 Å². The van der Waals surface area contributed by atoms with Crippen LogP contribution in [0.25, 0.3) is 22.4 Å². The molecule has 0 amide bonds. The maximum absolute atomic E-state index is 13.2. The second-order valence-electron chi connectivity index (χ2n) is 5.58. The predicted octanol–water partition coefficient (Wildman–Crippen LogP) is 5.18. The number of carbonyl (C=O) groups excluding carboxylic acids is 1. The highest BCUT2D eigenvalue weighted by Crippen LogP contribution is 2.27. The number of nitrogens with zero attached hydrogens (tertiary/aromatic N) is 2. The second-order valence-corrected chi connectivity index (χ2v) is 6.01. The zero-order valence-electron chi connectivity index (χ0n) is 13.0. The van der Waals surface area contributed by atoms with Gasteiger partial charge in [-0.3, -0.25) is 9.36 Å². The third-order valence-corrected chi connectivity index (χ3v) is 4.21. The van der Waals surface area contributed by atoms with Gasteiger partial charge in [0.25, 0.3) is 5.91 Å². The smallest absolute Gasteiger partial charge is 0.264 e. The highest BCUT2D eigenvalue weighted by molar-refractivity contribution is 6.30. The van der Waals surface area contributed by atoms with E-state index in [9.17, 15) is 9.18 Å². The maximum Gasteiger partial charge on any atom is 0.264 e. The van der Waals surface area contributed by atoms with Crippen LogP contribution in [0.2, 0.25) is 5.02 Å². The van der Waals surface area contributed by atoms with E-state index in [1.807, 2.05) is 36.4 Å². The lowest BCUT2D eigenvalue weighted by atomic mass is 10.1. The number of aromatic nitrogens is 2. The van der Waals surface area contributed by atoms with Crippen molar-refractivity contribution in [2.24, 2.45) is 0 Å². The zero-order valence-corrected chi connectivity index (χ0v) is 13.7. The van der Waals surface area contributed by atoms with Crippen molar-refractivity contribution in [3.8, 4) is 11.4 Å². The predicted molar refractivity (Wildman–Crippen MR) is 96.3 cm³/mol. The van der Waals surface area contributed by atoms with Crippen molar-refractivity contribution >= 4 is 28.5 Å². The summed E-state index contributed by atoms with van der Waals surface area (Å²) in [6.07, 6.45) is 0. The molecule has 0 radical (unpaired) electrons. The number of halogens is 2. The number of fused-ring (bicyclic) bond motifs is 1. The average Bonchev–Trinajstić information content (AvgIpc) is 3.02. The van der Waals surface area contributed by atoms with Gasteiger partial charge >= 0.3 is 0 Å². The summed E-state index contributed by atoms with van der Waals surface area (Å²) in [5, 5.41) is 0.608. The minimum atomic E-state index is -0.384. The van der Waals surface area contributed by atoms with E-state index in [0.29, 0.717) is 27.4 Å². The summed E-state index contributed by atoms with van der Waals surface area (Å²) in [4.78, 5) is 17.7. The SMILES string of the molecule is O=C(c1ccc(F)cc1)n1c(-c2ccc(Cl)cc2)nc2ccccc21. The molecule has 0 aliphatic rings. The third kappa shape index (κ3) is 2.81. The molecule has 0 aliphatic carbocycles. The topological polar surface area (TPSA) is 34.9 Å². The van der Waals surface area contributed by atoms with Gasteiger partial charge in [-0.2, -0.15) is 0 Å². The highest BCUT2D eigenvalue weighted by atomic mass is 35.5. The first-order valence-electron chi connectivity index (χ1n) is 7.67. The molecule has 4 aromatic rings. The molecule has 1 heterocycles. The Morgan fingerprint density at radius 1 is 0.920 bits per heavy atom. The maximum atomic E-state index is 13.2. The minimum Gasteiger partial charge on any atom is -0.268 e. The van der Waals surface area contributed by atoms with E-state index in [0.717, 1.165) is 5.56 Å². The number of hydrogen-bond donors (Lipinski definition) is 0. The summed E-state index contributed by atoms with van der Waals surface area (Å²) in [7, 11) is 0. The van der Waals surface area contributed by atoms with Gasteiger partial charge in [-0.1, -0.05) is 23.7 Å². The molecule has 0 saturated carbocycles. The summed E-state index contributed by atoms with van der Waals surface area (Å²) >= 11 is 5.96. The Morgan fingerprint density at radius 2 is 1.60 bits per heavy atom. The summed E-state index contributed by atoms with van der Waals surface area (Å²) < 4.78 is 14.7. The summed E-state index contributed by atoms with van der Waals surface area (Å²) in [6, 6.07) is 20.0. The van der Waals surface area contributed by atoms with Crippen molar-refractivity contribution in [2.75, 3.05) is 0 Å². The molecule has 0 fully saturated rings. The molecule has 0 unspecified atom stereocenters. The molecular weight excluding hydrogens is 339 g/mol. The van der Waals surface area contributed by atoms with Crippen LogP contribution < -0.4 is 0 Å². The number of imidazole rings is 1. The lowest BCUT2D eigenvalue weighted by Crippen LogP contribution is -2.13. The molecular formula is C20H12ClFN2O. The Hall–Kier alpha value is -2.98. The number of benzene rings is 3. The summed E-state index contributed by atoms with van der Waals surface area (Å²) in [6.45, 7) is 0. The molecule has 4 rings (SSSR count). The van der Waals surface area contributed by atoms with Crippen molar-refractivity contribution in [1.29, 1.82) is 0 Å². The van der Waals surface area contributed by atoms with Gasteiger partial charge in [-0.05, 0) is 60.7 Å². The van der Waals surface area contributed by atoms with E-state index in [4.69, 9.17) is 11.6 Å². The fourth-order valence-electron chi connectivity index (χ4n) is 2.75. The number of hydrogen-bond acceptors (Lipinski definition) is 2. The van der Waals surface area contributed by atoms with Crippen LogP contribution in [0.5, 0.6) is 0 Å². The molecule has 25 heavy (non-hydrogen) atoms. The second kappa shape index (κ2) is 6.15. The molecule has 3 nitrogen and oxygen atoms in total. The van der Waals surface area contributed by atoms with Crippen LogP contribution in [-0.2, 0) is 0 Å². The number of rotatable bonds is 2. The van der Waals surface area contributed by atoms with Gasteiger partial charge in [0.2, 0.25) is 0 Å². The molecule has 0 spiro atoms. The first-order valence-corrected chi connectivity index (χ1v) is 8.05. The molecule has 0 aliphatic heterocycles. The van der Waals surface area contributed by atoms with Crippen LogP contribution in [0.15, 0.2) is 72.8 Å². The molecule has 0 bridgehead atoms. The van der Waals surface area contributed by atoms with Gasteiger partial charge in [-0.15, -0.1) is 0 Å². The van der Waals surface area contributed by atoms with E-state index >= 15 is 0 Å². The van der Waals surface area contributed by atoms with Gasteiger partial charge in [0.1, 0.15) is 11.6 Å². The van der Waals surface area contributed by atoms with Crippen LogP contribution in [0.4, 0.5) is 4.39 Å². The van der Waals surface area contributed by atoms with Crippen molar-refractivity contribution in [3.05, 3.63) is 89.2 Å². The zero-order chi connectivity index (χ0) is 17.4. The van der Waals surface area contributed by atoms with Crippen molar-refractivity contribution in [2.45, 2.75) is 0 Å². The fourth-order valence-corrected chi connectivity index (χ4v) is 2.87. The molecule has 0 N–H and O–H groups in total. The monoisotopic (exact) mass is 350 g/mol. The van der Waals surface area contributed by atoms with Gasteiger partial charge in [0, 0.05) is 16.1 Å². The van der Waals surface area contributed by atoms with Crippen LogP contribution >= 0.6 is 11.6 Å². The summed E-state index contributed by atoms with van der Waals surface area (Å²) in [5.74, 6) is -0.129. The molecule has 3 aromatic carbocycles. The normalized spacial score (nSPS) is 11.0. The van der Waals surface area contributed by atoms with Crippen LogP contribution in [-0.4, -0.2) is 15.5 Å². The molecule has 0 atom stereocenters. The summed E-state index contributed by atoms with van der Waals surface area (Å²) in [5.41, 5.74) is 2.57. The van der Waals surface area contributed by atoms with Crippen LogP contribution in [0.1, 0.15) is 10.4 Å². The van der Waals surface area contributed by atoms with E-state index in [1.165, 1.54) is 24.3 Å². The average molecular weight is 351 g/mol. The first-order chi connectivity index (χ1) is 12.1. The lowest BCUT2D eigenvalue weighted by Gasteiger charge is -2.08. The third-order valence-electron chi connectivity index (χ3n) is 3.96. The largest absolute Gasteiger partial charge is 0.268 e. The molecule has 1 aromatic heterocycles. The van der Waals surface area contributed by atoms with Crippen molar-refractivity contribution in [3.63, 3.8) is 0 Å². The Morgan fingerprint density at radius 3 is 2.32 bits per heavy atom. The van der Waals surface area contributed by atoms with Gasteiger partial charge < -0.3 is 0 Å². The van der Waals surface area contributed by atoms with Crippen molar-refractivity contribution in [1.82, 2.24) is 9.55 Å². The Bertz CT molecular complexity index is 1070. The Labute approximate surface area is 148 Å². The molecule has 5 heteroatoms. The van der Waals surface area contributed by atoms with E-state index < -0.39 is 0 Å². The van der Waals surface area contributed by atoms with Gasteiger partial charge in [-0.25, -0.2) is 9.37 Å².